The molecule has 1 amide bonds. The van der Waals surface area contributed by atoms with Crippen molar-refractivity contribution in [1.82, 2.24) is 10.2 Å². The first kappa shape index (κ1) is 11.5. The highest BCUT2D eigenvalue weighted by atomic mass is 16.2. The second-order valence-electron chi connectivity index (χ2n) is 3.62. The lowest BCUT2D eigenvalue weighted by Gasteiger charge is -2.20. The normalized spacial score (nSPS) is 12.2. The third-order valence-corrected chi connectivity index (χ3v) is 2.25. The summed E-state index contributed by atoms with van der Waals surface area (Å²) >= 11 is 0. The number of nitrogen functional groups attached to an aromatic ring is 1. The molecule has 4 nitrogen and oxygen atoms in total. The molecule has 0 saturated carbocycles. The van der Waals surface area contributed by atoms with E-state index in [0.717, 1.165) is 5.56 Å². The molecule has 0 aliphatic heterocycles. The van der Waals surface area contributed by atoms with E-state index in [-0.39, 0.29) is 11.9 Å². The van der Waals surface area contributed by atoms with Crippen LogP contribution in [-0.2, 0) is 4.79 Å². The number of hydrogen-bond donors (Lipinski definition) is 2. The van der Waals surface area contributed by atoms with Crippen molar-refractivity contribution in [1.29, 1.82) is 0 Å². The highest BCUT2D eigenvalue weighted by Gasteiger charge is 2.19. The number of nitrogens with one attached hydrogen (secondary N) is 1. The molecule has 0 heterocycles. The van der Waals surface area contributed by atoms with Gasteiger partial charge in [-0.25, -0.2) is 0 Å². The Labute approximate surface area is 90.1 Å². The van der Waals surface area contributed by atoms with E-state index in [0.29, 0.717) is 5.69 Å². The van der Waals surface area contributed by atoms with Crippen LogP contribution in [0.4, 0.5) is 5.69 Å². The number of carbonyl (C=O) groups excluding carboxylic acids is 1. The van der Waals surface area contributed by atoms with Crippen LogP contribution in [0.3, 0.4) is 0 Å². The first-order valence-corrected chi connectivity index (χ1v) is 4.80. The summed E-state index contributed by atoms with van der Waals surface area (Å²) < 4.78 is 0. The van der Waals surface area contributed by atoms with Gasteiger partial charge in [0, 0.05) is 19.8 Å². The molecule has 0 aliphatic carbocycles. The SMILES string of the molecule is CNC(C(=O)N(C)C)c1ccc(N)cc1. The molecule has 15 heavy (non-hydrogen) atoms. The molecule has 1 atom stereocenters. The minimum atomic E-state index is -0.305. The van der Waals surface area contributed by atoms with E-state index in [1.54, 1.807) is 38.2 Å². The lowest BCUT2D eigenvalue weighted by atomic mass is 10.1. The number of nitrogens with zero attached hydrogens (tertiary/aromatic N) is 1. The summed E-state index contributed by atoms with van der Waals surface area (Å²) in [6, 6.07) is 7.00. The molecular formula is C11H17N3O. The molecule has 3 N–H and O–H groups in total. The smallest absolute Gasteiger partial charge is 0.243 e. The van der Waals surface area contributed by atoms with E-state index in [1.807, 2.05) is 12.1 Å². The van der Waals surface area contributed by atoms with Gasteiger partial charge in [-0.1, -0.05) is 12.1 Å². The molecule has 0 aliphatic rings. The van der Waals surface area contributed by atoms with Crippen molar-refractivity contribution >= 4 is 11.6 Å². The number of amides is 1. The van der Waals surface area contributed by atoms with E-state index in [9.17, 15) is 4.79 Å². The van der Waals surface area contributed by atoms with Crippen LogP contribution in [0.1, 0.15) is 11.6 Å². The zero-order valence-electron chi connectivity index (χ0n) is 9.32. The number of hydrogen-bond acceptors (Lipinski definition) is 3. The number of benzene rings is 1. The van der Waals surface area contributed by atoms with Crippen molar-refractivity contribution in [3.63, 3.8) is 0 Å². The van der Waals surface area contributed by atoms with Gasteiger partial charge in [0.2, 0.25) is 5.91 Å². The predicted octanol–water partition coefficient (Wildman–Crippen LogP) is 0.617. The van der Waals surface area contributed by atoms with E-state index < -0.39 is 0 Å². The molecule has 0 bridgehead atoms. The van der Waals surface area contributed by atoms with Gasteiger partial charge in [0.05, 0.1) is 0 Å². The molecule has 0 radical (unpaired) electrons. The zero-order valence-corrected chi connectivity index (χ0v) is 9.32. The van der Waals surface area contributed by atoms with Crippen molar-refractivity contribution < 1.29 is 4.79 Å². The molecular weight excluding hydrogens is 190 g/mol. The number of nitrogens with two attached hydrogens (primary N) is 1. The molecule has 1 unspecified atom stereocenters. The summed E-state index contributed by atoms with van der Waals surface area (Å²) in [4.78, 5) is 13.4. The molecule has 4 heteroatoms. The molecule has 1 aromatic carbocycles. The summed E-state index contributed by atoms with van der Waals surface area (Å²) in [5.41, 5.74) is 7.21. The Hall–Kier alpha value is -1.55. The van der Waals surface area contributed by atoms with Gasteiger partial charge in [-0.2, -0.15) is 0 Å². The standard InChI is InChI=1S/C11H17N3O/c1-13-10(11(15)14(2)3)8-4-6-9(12)7-5-8/h4-7,10,13H,12H2,1-3H3. The summed E-state index contributed by atoms with van der Waals surface area (Å²) in [7, 11) is 5.25. The molecule has 0 spiro atoms. The molecule has 82 valence electrons. The fourth-order valence-corrected chi connectivity index (χ4v) is 1.38. The summed E-state index contributed by atoms with van der Waals surface area (Å²) in [5.74, 6) is 0.0299. The maximum absolute atomic E-state index is 11.8. The van der Waals surface area contributed by atoms with Crippen LogP contribution in [0, 0.1) is 0 Å². The third kappa shape index (κ3) is 2.70. The van der Waals surface area contributed by atoms with Crippen LogP contribution in [0.5, 0.6) is 0 Å². The van der Waals surface area contributed by atoms with Gasteiger partial charge in [-0.05, 0) is 24.7 Å². The second kappa shape index (κ2) is 4.79. The van der Waals surface area contributed by atoms with Crippen molar-refractivity contribution in [2.24, 2.45) is 0 Å². The number of anilines is 1. The zero-order chi connectivity index (χ0) is 11.4. The van der Waals surface area contributed by atoms with Crippen LogP contribution in [0.15, 0.2) is 24.3 Å². The Kier molecular flexibility index (Phi) is 3.68. The largest absolute Gasteiger partial charge is 0.399 e. The Morgan fingerprint density at radius 3 is 2.27 bits per heavy atom. The van der Waals surface area contributed by atoms with Gasteiger partial charge in [-0.15, -0.1) is 0 Å². The highest BCUT2D eigenvalue weighted by molar-refractivity contribution is 5.82. The molecule has 1 aromatic rings. The van der Waals surface area contributed by atoms with Crippen LogP contribution < -0.4 is 11.1 Å². The van der Waals surface area contributed by atoms with Gasteiger partial charge >= 0.3 is 0 Å². The number of likely N-dealkylation sites (N-methyl/N-ethyl adjacent to an activating group) is 2. The van der Waals surface area contributed by atoms with Crippen LogP contribution in [0.2, 0.25) is 0 Å². The molecule has 0 fully saturated rings. The summed E-state index contributed by atoms with van der Waals surface area (Å²) in [6.45, 7) is 0. The van der Waals surface area contributed by atoms with Crippen molar-refractivity contribution in [3.05, 3.63) is 29.8 Å². The first-order valence-electron chi connectivity index (χ1n) is 4.80. The van der Waals surface area contributed by atoms with Crippen molar-refractivity contribution in [2.75, 3.05) is 26.9 Å². The lowest BCUT2D eigenvalue weighted by Crippen LogP contribution is -2.35. The van der Waals surface area contributed by atoms with Crippen LogP contribution >= 0.6 is 0 Å². The van der Waals surface area contributed by atoms with Gasteiger partial charge in [0.1, 0.15) is 6.04 Å². The lowest BCUT2D eigenvalue weighted by molar-refractivity contribution is -0.130. The maximum atomic E-state index is 11.8. The van der Waals surface area contributed by atoms with E-state index in [4.69, 9.17) is 5.73 Å². The fraction of sp³-hybridized carbons (Fsp3) is 0.364. The monoisotopic (exact) mass is 207 g/mol. The average molecular weight is 207 g/mol. The number of rotatable bonds is 3. The van der Waals surface area contributed by atoms with Gasteiger partial charge in [0.15, 0.2) is 0 Å². The van der Waals surface area contributed by atoms with Gasteiger partial charge in [0.25, 0.3) is 0 Å². The molecule has 1 rings (SSSR count). The van der Waals surface area contributed by atoms with Crippen molar-refractivity contribution in [2.45, 2.75) is 6.04 Å². The van der Waals surface area contributed by atoms with E-state index in [2.05, 4.69) is 5.32 Å². The maximum Gasteiger partial charge on any atom is 0.243 e. The molecule has 0 aromatic heterocycles. The minimum Gasteiger partial charge on any atom is -0.399 e. The Bertz CT molecular complexity index is 332. The van der Waals surface area contributed by atoms with Crippen LogP contribution in [0.25, 0.3) is 0 Å². The average Bonchev–Trinajstić information content (AvgIpc) is 2.21. The van der Waals surface area contributed by atoms with E-state index in [1.165, 1.54) is 0 Å². The summed E-state index contributed by atoms with van der Waals surface area (Å²) in [6.07, 6.45) is 0. The van der Waals surface area contributed by atoms with E-state index >= 15 is 0 Å². The highest BCUT2D eigenvalue weighted by Crippen LogP contribution is 2.16. The quantitative estimate of drug-likeness (QED) is 0.714. The third-order valence-electron chi connectivity index (χ3n) is 2.25. The topological polar surface area (TPSA) is 58.4 Å². The second-order valence-corrected chi connectivity index (χ2v) is 3.62. The number of carbonyl (C=O) groups is 1. The van der Waals surface area contributed by atoms with Gasteiger partial charge < -0.3 is 16.0 Å². The Morgan fingerprint density at radius 1 is 1.33 bits per heavy atom. The Morgan fingerprint density at radius 2 is 1.87 bits per heavy atom. The van der Waals surface area contributed by atoms with Gasteiger partial charge in [-0.3, -0.25) is 4.79 Å². The fourth-order valence-electron chi connectivity index (χ4n) is 1.38. The Balaban J connectivity index is 2.92. The minimum absolute atomic E-state index is 0.0299. The first-order chi connectivity index (χ1) is 7.06. The predicted molar refractivity (Wildman–Crippen MR) is 61.3 cm³/mol. The summed E-state index contributed by atoms with van der Waals surface area (Å²) in [5, 5.41) is 2.99. The van der Waals surface area contributed by atoms with Crippen molar-refractivity contribution in [3.8, 4) is 0 Å². The molecule has 0 saturated heterocycles. The van der Waals surface area contributed by atoms with Crippen LogP contribution in [-0.4, -0.2) is 32.0 Å².